The van der Waals surface area contributed by atoms with Crippen molar-refractivity contribution in [2.45, 2.75) is 11.8 Å². The van der Waals surface area contributed by atoms with E-state index in [0.717, 1.165) is 0 Å². The molecule has 10 heteroatoms. The predicted octanol–water partition coefficient (Wildman–Crippen LogP) is 3.11. The topological polar surface area (TPSA) is 94.0 Å². The van der Waals surface area contributed by atoms with Gasteiger partial charge >= 0.3 is 0 Å². The molecule has 0 aliphatic heterocycles. The number of benzene rings is 1. The molecule has 0 unspecified atom stereocenters. The second kappa shape index (κ2) is 7.18. The summed E-state index contributed by atoms with van der Waals surface area (Å²) >= 11 is 9.26. The molecule has 0 atom stereocenters. The number of halogens is 2. The van der Waals surface area contributed by atoms with Gasteiger partial charge in [0.15, 0.2) is 11.5 Å². The van der Waals surface area contributed by atoms with Crippen LogP contribution in [0.1, 0.15) is 16.2 Å². The molecule has 0 aliphatic rings. The number of hydrogen-bond donors (Lipinski definition) is 1. The van der Waals surface area contributed by atoms with Gasteiger partial charge in [0, 0.05) is 16.4 Å². The zero-order valence-corrected chi connectivity index (χ0v) is 16.5. The van der Waals surface area contributed by atoms with Crippen molar-refractivity contribution in [3.63, 3.8) is 0 Å². The van der Waals surface area contributed by atoms with Crippen LogP contribution in [0.2, 0.25) is 5.02 Å². The molecule has 0 saturated carbocycles. The molecule has 0 aliphatic carbocycles. The number of aromatic nitrogens is 3. The zero-order valence-electron chi connectivity index (χ0n) is 13.3. The average molecular weight is 456 g/mol. The van der Waals surface area contributed by atoms with Gasteiger partial charge in [-0.05, 0) is 53.2 Å². The Hall–Kier alpha value is -2.23. The van der Waals surface area contributed by atoms with Crippen LogP contribution in [-0.2, 0) is 10.0 Å². The maximum absolute atomic E-state index is 12.4. The Morgan fingerprint density at radius 1 is 1.23 bits per heavy atom. The minimum atomic E-state index is -4.05. The normalized spacial score (nSPS) is 11.3. The summed E-state index contributed by atoms with van der Waals surface area (Å²) in [6.45, 7) is 1.71. The molecule has 2 aromatic heterocycles. The third kappa shape index (κ3) is 3.64. The van der Waals surface area contributed by atoms with Crippen molar-refractivity contribution in [1.82, 2.24) is 19.5 Å². The Labute approximate surface area is 163 Å². The molecular weight excluding hydrogens is 444 g/mol. The summed E-state index contributed by atoms with van der Waals surface area (Å²) in [5, 5.41) is 4.48. The summed E-state index contributed by atoms with van der Waals surface area (Å²) < 4.78 is 28.6. The van der Waals surface area contributed by atoms with Crippen molar-refractivity contribution >= 4 is 43.5 Å². The Morgan fingerprint density at radius 3 is 2.65 bits per heavy atom. The van der Waals surface area contributed by atoms with E-state index in [2.05, 4.69) is 26.0 Å². The van der Waals surface area contributed by atoms with Crippen molar-refractivity contribution in [2.75, 3.05) is 0 Å². The lowest BCUT2D eigenvalue weighted by atomic mass is 10.3. The number of rotatable bonds is 4. The first-order chi connectivity index (χ1) is 12.3. The first kappa shape index (κ1) is 18.6. The van der Waals surface area contributed by atoms with Crippen molar-refractivity contribution in [3.8, 4) is 5.82 Å². The standard InChI is InChI=1S/C16H12BrClN4O3S/c1-10-9-13(20-22(10)15-12(18)6-4-8-19-15)16(23)21-26(24,25)14-7-3-2-5-11(14)17/h2-9H,1H3,(H,21,23). The molecule has 0 radical (unpaired) electrons. The van der Waals surface area contributed by atoms with Gasteiger partial charge in [0.25, 0.3) is 15.9 Å². The van der Waals surface area contributed by atoms with Crippen LogP contribution in [0.3, 0.4) is 0 Å². The van der Waals surface area contributed by atoms with Gasteiger partial charge < -0.3 is 0 Å². The van der Waals surface area contributed by atoms with Gasteiger partial charge in [-0.1, -0.05) is 23.7 Å². The van der Waals surface area contributed by atoms with Gasteiger partial charge in [-0.15, -0.1) is 0 Å². The average Bonchev–Trinajstić information content (AvgIpc) is 2.97. The predicted molar refractivity (Wildman–Crippen MR) is 99.9 cm³/mol. The van der Waals surface area contributed by atoms with Crippen LogP contribution >= 0.6 is 27.5 Å². The Morgan fingerprint density at radius 2 is 1.96 bits per heavy atom. The quantitative estimate of drug-likeness (QED) is 0.652. The number of hydrogen-bond acceptors (Lipinski definition) is 5. The number of pyridine rings is 1. The molecule has 3 rings (SSSR count). The molecule has 0 fully saturated rings. The van der Waals surface area contributed by atoms with E-state index in [1.165, 1.54) is 16.8 Å². The molecular formula is C16H12BrClN4O3S. The summed E-state index contributed by atoms with van der Waals surface area (Å²) in [6, 6.07) is 11.0. The minimum Gasteiger partial charge on any atom is -0.266 e. The highest BCUT2D eigenvalue weighted by Crippen LogP contribution is 2.22. The number of nitrogens with zero attached hydrogens (tertiary/aromatic N) is 3. The third-order valence-corrected chi connectivity index (χ3v) is 6.05. The highest BCUT2D eigenvalue weighted by atomic mass is 79.9. The van der Waals surface area contributed by atoms with Crippen LogP contribution in [0.25, 0.3) is 5.82 Å². The zero-order chi connectivity index (χ0) is 18.9. The van der Waals surface area contributed by atoms with Gasteiger partial charge in [-0.25, -0.2) is 22.8 Å². The number of carbonyl (C=O) groups excluding carboxylic acids is 1. The first-order valence-electron chi connectivity index (χ1n) is 7.29. The van der Waals surface area contributed by atoms with E-state index in [1.54, 1.807) is 43.5 Å². The van der Waals surface area contributed by atoms with Crippen LogP contribution in [0.5, 0.6) is 0 Å². The third-order valence-electron chi connectivity index (χ3n) is 3.41. The van der Waals surface area contributed by atoms with Crippen LogP contribution in [-0.4, -0.2) is 29.1 Å². The summed E-state index contributed by atoms with van der Waals surface area (Å²) in [7, 11) is -4.05. The fourth-order valence-electron chi connectivity index (χ4n) is 2.23. The SMILES string of the molecule is Cc1cc(C(=O)NS(=O)(=O)c2ccccc2Br)nn1-c1ncccc1Cl. The minimum absolute atomic E-state index is 0.0442. The van der Waals surface area contributed by atoms with Crippen molar-refractivity contribution < 1.29 is 13.2 Å². The monoisotopic (exact) mass is 454 g/mol. The molecule has 1 N–H and O–H groups in total. The van der Waals surface area contributed by atoms with E-state index >= 15 is 0 Å². The highest BCUT2D eigenvalue weighted by molar-refractivity contribution is 9.10. The number of aryl methyl sites for hydroxylation is 1. The Bertz CT molecular complexity index is 1100. The van der Waals surface area contributed by atoms with Crippen molar-refractivity contribution in [3.05, 3.63) is 69.5 Å². The lowest BCUT2D eigenvalue weighted by Crippen LogP contribution is -2.31. The molecule has 0 saturated heterocycles. The molecule has 0 spiro atoms. The smallest absolute Gasteiger partial charge is 0.266 e. The van der Waals surface area contributed by atoms with E-state index in [9.17, 15) is 13.2 Å². The molecule has 26 heavy (non-hydrogen) atoms. The molecule has 2 heterocycles. The largest absolute Gasteiger partial charge is 0.285 e. The lowest BCUT2D eigenvalue weighted by Gasteiger charge is -2.07. The molecule has 0 bridgehead atoms. The number of sulfonamides is 1. The van der Waals surface area contributed by atoms with Crippen LogP contribution in [0.4, 0.5) is 0 Å². The number of nitrogens with one attached hydrogen (secondary N) is 1. The van der Waals surface area contributed by atoms with Gasteiger partial charge in [0.1, 0.15) is 4.90 Å². The second-order valence-electron chi connectivity index (χ2n) is 5.26. The van der Waals surface area contributed by atoms with Crippen LogP contribution < -0.4 is 4.72 Å². The fourth-order valence-corrected chi connectivity index (χ4v) is 4.39. The van der Waals surface area contributed by atoms with Crippen molar-refractivity contribution in [2.24, 2.45) is 0 Å². The summed E-state index contributed by atoms with van der Waals surface area (Å²) in [4.78, 5) is 16.5. The lowest BCUT2D eigenvalue weighted by molar-refractivity contribution is 0.0976. The molecule has 134 valence electrons. The highest BCUT2D eigenvalue weighted by Gasteiger charge is 2.23. The van der Waals surface area contributed by atoms with Gasteiger partial charge in [0.2, 0.25) is 0 Å². The van der Waals surface area contributed by atoms with E-state index < -0.39 is 15.9 Å². The second-order valence-corrected chi connectivity index (χ2v) is 8.17. The summed E-state index contributed by atoms with van der Waals surface area (Å²) in [5.41, 5.74) is 0.508. The van der Waals surface area contributed by atoms with E-state index in [1.807, 2.05) is 4.72 Å². The summed E-state index contributed by atoms with van der Waals surface area (Å²) in [6.07, 6.45) is 1.54. The summed E-state index contributed by atoms with van der Waals surface area (Å²) in [5.74, 6) is -0.506. The Kier molecular flexibility index (Phi) is 5.12. The van der Waals surface area contributed by atoms with Gasteiger partial charge in [0.05, 0.1) is 5.02 Å². The maximum atomic E-state index is 12.4. The molecule has 1 aromatic carbocycles. The molecule has 1 amide bonds. The van der Waals surface area contributed by atoms with E-state index in [4.69, 9.17) is 11.6 Å². The van der Waals surface area contributed by atoms with Crippen LogP contribution in [0.15, 0.2) is 58.0 Å². The number of carbonyl (C=O) groups is 1. The molecule has 3 aromatic rings. The van der Waals surface area contributed by atoms with E-state index in [-0.39, 0.29) is 10.6 Å². The maximum Gasteiger partial charge on any atom is 0.285 e. The van der Waals surface area contributed by atoms with E-state index in [0.29, 0.717) is 21.0 Å². The van der Waals surface area contributed by atoms with Gasteiger partial charge in [-0.2, -0.15) is 5.10 Å². The van der Waals surface area contributed by atoms with Gasteiger partial charge in [-0.3, -0.25) is 4.79 Å². The van der Waals surface area contributed by atoms with Crippen molar-refractivity contribution in [1.29, 1.82) is 0 Å². The molecule has 7 nitrogen and oxygen atoms in total. The van der Waals surface area contributed by atoms with Crippen LogP contribution in [0, 0.1) is 6.92 Å². The number of amides is 1. The fraction of sp³-hybridized carbons (Fsp3) is 0.0625. The Balaban J connectivity index is 1.91. The first-order valence-corrected chi connectivity index (χ1v) is 9.94.